The van der Waals surface area contributed by atoms with Crippen LogP contribution in [0.2, 0.25) is 5.02 Å². The van der Waals surface area contributed by atoms with Gasteiger partial charge in [0, 0.05) is 36.3 Å². The zero-order valence-electron chi connectivity index (χ0n) is 16.8. The molecule has 1 N–H and O–H groups in total. The van der Waals surface area contributed by atoms with Crippen LogP contribution in [0.1, 0.15) is 19.8 Å². The third-order valence-corrected chi connectivity index (χ3v) is 7.36. The van der Waals surface area contributed by atoms with Gasteiger partial charge in [0.25, 0.3) is 5.92 Å². The van der Waals surface area contributed by atoms with E-state index in [2.05, 4.69) is 15.3 Å². The molecule has 0 aliphatic carbocycles. The van der Waals surface area contributed by atoms with Crippen LogP contribution in [0.15, 0.2) is 47.6 Å². The highest BCUT2D eigenvalue weighted by atomic mass is 35.5. The molecule has 2 heterocycles. The number of nitrogens with one attached hydrogen (secondary N) is 1. The number of anilines is 3. The number of piperidine rings is 1. The molecule has 0 spiro atoms. The van der Waals surface area contributed by atoms with E-state index in [1.807, 2.05) is 4.90 Å². The van der Waals surface area contributed by atoms with Gasteiger partial charge in [-0.25, -0.2) is 27.2 Å². The van der Waals surface area contributed by atoms with Crippen LogP contribution in [-0.2, 0) is 9.84 Å². The molecule has 1 aliphatic rings. The highest BCUT2D eigenvalue weighted by molar-refractivity contribution is 7.91. The van der Waals surface area contributed by atoms with Gasteiger partial charge >= 0.3 is 0 Å². The third kappa shape index (κ3) is 4.57. The molecule has 3 aromatic rings. The standard InChI is InChI=1S/C21H21ClF2N4O2S/c1-2-31(29,30)15-4-6-19(28-9-7-21(23,24)8-10-28)18(12-15)27-20-16-11-14(22)3-5-17(16)25-13-26-20/h3-6,11-13H,2,7-10H2,1H3,(H,25,26,27). The summed E-state index contributed by atoms with van der Waals surface area (Å²) in [5.41, 5.74) is 1.78. The van der Waals surface area contributed by atoms with Gasteiger partial charge in [-0.2, -0.15) is 0 Å². The second-order valence-corrected chi connectivity index (χ2v) is 10.1. The van der Waals surface area contributed by atoms with Gasteiger partial charge < -0.3 is 10.2 Å². The second-order valence-electron chi connectivity index (χ2n) is 7.43. The molecule has 1 aromatic heterocycles. The number of benzene rings is 2. The SMILES string of the molecule is CCS(=O)(=O)c1ccc(N2CCC(F)(F)CC2)c(Nc2ncnc3ccc(Cl)cc23)c1. The van der Waals surface area contributed by atoms with Crippen molar-refractivity contribution < 1.29 is 17.2 Å². The van der Waals surface area contributed by atoms with Crippen LogP contribution in [0.3, 0.4) is 0 Å². The monoisotopic (exact) mass is 466 g/mol. The molecule has 31 heavy (non-hydrogen) atoms. The average Bonchev–Trinajstić information content (AvgIpc) is 2.74. The first kappa shape index (κ1) is 21.7. The largest absolute Gasteiger partial charge is 0.369 e. The first-order chi connectivity index (χ1) is 14.7. The molecular weight excluding hydrogens is 446 g/mol. The number of sulfone groups is 1. The minimum Gasteiger partial charge on any atom is -0.369 e. The van der Waals surface area contributed by atoms with E-state index in [4.69, 9.17) is 11.6 Å². The molecule has 0 amide bonds. The van der Waals surface area contributed by atoms with Crippen LogP contribution < -0.4 is 10.2 Å². The summed E-state index contributed by atoms with van der Waals surface area (Å²) in [4.78, 5) is 10.5. The Kier molecular flexibility index (Phi) is 5.74. The summed E-state index contributed by atoms with van der Waals surface area (Å²) in [7, 11) is -3.46. The molecule has 10 heteroatoms. The van der Waals surface area contributed by atoms with Gasteiger partial charge in [0.05, 0.1) is 27.5 Å². The third-order valence-electron chi connectivity index (χ3n) is 5.39. The highest BCUT2D eigenvalue weighted by Crippen LogP contribution is 2.37. The normalized spacial score (nSPS) is 16.5. The molecule has 0 saturated carbocycles. The lowest BCUT2D eigenvalue weighted by Crippen LogP contribution is -2.39. The summed E-state index contributed by atoms with van der Waals surface area (Å²) in [6, 6.07) is 9.89. The van der Waals surface area contributed by atoms with E-state index in [1.165, 1.54) is 18.5 Å². The van der Waals surface area contributed by atoms with Crippen molar-refractivity contribution in [3.8, 4) is 0 Å². The van der Waals surface area contributed by atoms with Crippen LogP contribution in [0.4, 0.5) is 26.0 Å². The van der Waals surface area contributed by atoms with E-state index in [0.29, 0.717) is 33.1 Å². The van der Waals surface area contributed by atoms with Gasteiger partial charge in [0.2, 0.25) is 0 Å². The quantitative estimate of drug-likeness (QED) is 0.566. The van der Waals surface area contributed by atoms with E-state index in [9.17, 15) is 17.2 Å². The Morgan fingerprint density at radius 3 is 2.58 bits per heavy atom. The number of alkyl halides is 2. The molecule has 1 aliphatic heterocycles. The summed E-state index contributed by atoms with van der Waals surface area (Å²) in [6.45, 7) is 1.90. The summed E-state index contributed by atoms with van der Waals surface area (Å²) in [6.07, 6.45) is 0.882. The fourth-order valence-corrected chi connectivity index (χ4v) is 4.66. The Bertz CT molecular complexity index is 1230. The second kappa shape index (κ2) is 8.20. The van der Waals surface area contributed by atoms with Gasteiger partial charge in [-0.1, -0.05) is 18.5 Å². The minimum atomic E-state index is -3.46. The fraction of sp³-hybridized carbons (Fsp3) is 0.333. The van der Waals surface area contributed by atoms with E-state index in [0.717, 1.165) is 0 Å². The van der Waals surface area contributed by atoms with Crippen molar-refractivity contribution in [3.05, 3.63) is 47.7 Å². The van der Waals surface area contributed by atoms with Crippen molar-refractivity contribution in [1.29, 1.82) is 0 Å². The van der Waals surface area contributed by atoms with Crippen molar-refractivity contribution in [1.82, 2.24) is 9.97 Å². The number of hydrogen-bond donors (Lipinski definition) is 1. The van der Waals surface area contributed by atoms with Crippen LogP contribution in [-0.4, -0.2) is 43.2 Å². The molecule has 4 rings (SSSR count). The van der Waals surface area contributed by atoms with Gasteiger partial charge in [0.1, 0.15) is 12.1 Å². The first-order valence-electron chi connectivity index (χ1n) is 9.85. The number of nitrogens with zero attached hydrogens (tertiary/aromatic N) is 3. The molecule has 6 nitrogen and oxygen atoms in total. The lowest BCUT2D eigenvalue weighted by molar-refractivity contribution is -0.0220. The summed E-state index contributed by atoms with van der Waals surface area (Å²) < 4.78 is 52.2. The molecule has 0 radical (unpaired) electrons. The maximum atomic E-state index is 13.7. The lowest BCUT2D eigenvalue weighted by Gasteiger charge is -2.34. The van der Waals surface area contributed by atoms with Crippen LogP contribution in [0, 0.1) is 0 Å². The zero-order valence-corrected chi connectivity index (χ0v) is 18.3. The number of halogens is 3. The number of rotatable bonds is 5. The number of aromatic nitrogens is 2. The van der Waals surface area contributed by atoms with Crippen LogP contribution in [0.5, 0.6) is 0 Å². The van der Waals surface area contributed by atoms with E-state index in [-0.39, 0.29) is 36.6 Å². The molecular formula is C21H21ClF2N4O2S. The number of hydrogen-bond acceptors (Lipinski definition) is 6. The summed E-state index contributed by atoms with van der Waals surface area (Å²) in [5.74, 6) is -2.29. The zero-order chi connectivity index (χ0) is 22.2. The highest BCUT2D eigenvalue weighted by Gasteiger charge is 2.34. The van der Waals surface area contributed by atoms with Gasteiger partial charge in [-0.15, -0.1) is 0 Å². The number of fused-ring (bicyclic) bond motifs is 1. The fourth-order valence-electron chi connectivity index (χ4n) is 3.58. The van der Waals surface area contributed by atoms with Crippen molar-refractivity contribution in [2.24, 2.45) is 0 Å². The molecule has 164 valence electrons. The molecule has 1 saturated heterocycles. The van der Waals surface area contributed by atoms with Crippen molar-refractivity contribution >= 4 is 49.5 Å². The Morgan fingerprint density at radius 1 is 1.13 bits per heavy atom. The maximum absolute atomic E-state index is 13.7. The molecule has 0 atom stereocenters. The van der Waals surface area contributed by atoms with Crippen LogP contribution >= 0.6 is 11.6 Å². The molecule has 0 unspecified atom stereocenters. The van der Waals surface area contributed by atoms with Gasteiger partial charge in [-0.3, -0.25) is 0 Å². The van der Waals surface area contributed by atoms with Crippen LogP contribution in [0.25, 0.3) is 10.9 Å². The average molecular weight is 467 g/mol. The topological polar surface area (TPSA) is 75.2 Å². The molecule has 1 fully saturated rings. The Balaban J connectivity index is 1.79. The van der Waals surface area contributed by atoms with Crippen molar-refractivity contribution in [2.75, 3.05) is 29.1 Å². The van der Waals surface area contributed by atoms with Crippen molar-refractivity contribution in [2.45, 2.75) is 30.6 Å². The Labute approximate surface area is 184 Å². The summed E-state index contributed by atoms with van der Waals surface area (Å²) in [5, 5.41) is 4.36. The Hall–Kier alpha value is -2.52. The smallest absolute Gasteiger partial charge is 0.251 e. The predicted octanol–water partition coefficient (Wildman–Crippen LogP) is 5.06. The molecule has 2 aromatic carbocycles. The predicted molar refractivity (Wildman–Crippen MR) is 118 cm³/mol. The van der Waals surface area contributed by atoms with E-state index < -0.39 is 15.8 Å². The van der Waals surface area contributed by atoms with Crippen molar-refractivity contribution in [3.63, 3.8) is 0 Å². The van der Waals surface area contributed by atoms with Gasteiger partial charge in [0.15, 0.2) is 9.84 Å². The Morgan fingerprint density at radius 2 is 1.87 bits per heavy atom. The van der Waals surface area contributed by atoms with Gasteiger partial charge in [-0.05, 0) is 36.4 Å². The molecule has 0 bridgehead atoms. The summed E-state index contributed by atoms with van der Waals surface area (Å²) >= 11 is 6.14. The first-order valence-corrected chi connectivity index (χ1v) is 11.9. The van der Waals surface area contributed by atoms with E-state index >= 15 is 0 Å². The lowest BCUT2D eigenvalue weighted by atomic mass is 10.1. The maximum Gasteiger partial charge on any atom is 0.251 e. The van der Waals surface area contributed by atoms with E-state index in [1.54, 1.807) is 31.2 Å². The minimum absolute atomic E-state index is 0.0478.